The number of phenols is 1. The van der Waals surface area contributed by atoms with E-state index in [2.05, 4.69) is 24.4 Å². The van der Waals surface area contributed by atoms with Gasteiger partial charge in [0, 0.05) is 34.9 Å². The molecule has 0 spiro atoms. The molecule has 174 valence electrons. The van der Waals surface area contributed by atoms with Crippen LogP contribution in [-0.2, 0) is 16.0 Å². The van der Waals surface area contributed by atoms with Gasteiger partial charge in [0.2, 0.25) is 5.60 Å². The topological polar surface area (TPSA) is 78.7 Å². The first-order valence-electron chi connectivity index (χ1n) is 10.5. The van der Waals surface area contributed by atoms with Crippen LogP contribution in [-0.4, -0.2) is 49.1 Å². The summed E-state index contributed by atoms with van der Waals surface area (Å²) in [7, 11) is 3.13. The quantitative estimate of drug-likeness (QED) is 0.439. The van der Waals surface area contributed by atoms with E-state index >= 15 is 0 Å². The van der Waals surface area contributed by atoms with Gasteiger partial charge in [0.15, 0.2) is 11.5 Å². The van der Waals surface area contributed by atoms with Crippen LogP contribution in [0.15, 0.2) is 41.6 Å². The maximum absolute atomic E-state index is 11.3. The molecule has 9 heteroatoms. The minimum absolute atomic E-state index is 0.0931. The van der Waals surface area contributed by atoms with Gasteiger partial charge in [0.25, 0.3) is 0 Å². The molecule has 1 N–H and O–H groups in total. The van der Waals surface area contributed by atoms with Gasteiger partial charge in [-0.25, -0.2) is 0 Å². The average Bonchev–Trinajstić information content (AvgIpc) is 3.39. The van der Waals surface area contributed by atoms with Gasteiger partial charge in [-0.15, -0.1) is 0 Å². The Hall–Kier alpha value is -2.65. The number of benzene rings is 2. The third-order valence-electron chi connectivity index (χ3n) is 6.61. The molecule has 0 bridgehead atoms. The van der Waals surface area contributed by atoms with Crippen molar-refractivity contribution in [2.45, 2.75) is 29.8 Å². The number of ether oxygens (including phenoxy) is 4. The molecule has 5 rings (SSSR count). The lowest BCUT2D eigenvalue weighted by Crippen LogP contribution is -2.58. The zero-order valence-electron chi connectivity index (χ0n) is 18.5. The second-order valence-corrected chi connectivity index (χ2v) is 9.47. The van der Waals surface area contributed by atoms with Crippen molar-refractivity contribution in [3.8, 4) is 28.7 Å². The average molecular weight is 488 g/mol. The molecular formula is C24H25NO6S2. The van der Waals surface area contributed by atoms with Crippen LogP contribution in [0.3, 0.4) is 0 Å². The number of aromatic hydroxyl groups is 1. The summed E-state index contributed by atoms with van der Waals surface area (Å²) < 4.78 is 21.9. The summed E-state index contributed by atoms with van der Waals surface area (Å²) in [6.45, 7) is 6.06. The summed E-state index contributed by atoms with van der Waals surface area (Å²) >= 11 is 9.74. The highest BCUT2D eigenvalue weighted by molar-refractivity contribution is 7.83. The molecular weight excluding hydrogens is 462 g/mol. The number of oxime groups is 1. The van der Waals surface area contributed by atoms with Crippen molar-refractivity contribution >= 4 is 31.0 Å². The third kappa shape index (κ3) is 2.94. The van der Waals surface area contributed by atoms with Crippen molar-refractivity contribution in [3.63, 3.8) is 0 Å². The Balaban J connectivity index is 1.68. The normalized spacial score (nSPS) is 26.7. The Morgan fingerprint density at radius 1 is 1.24 bits per heavy atom. The van der Waals surface area contributed by atoms with E-state index in [-0.39, 0.29) is 24.2 Å². The zero-order valence-corrected chi connectivity index (χ0v) is 20.3. The molecule has 0 fully saturated rings. The summed E-state index contributed by atoms with van der Waals surface area (Å²) in [6.07, 6.45) is 0.352. The van der Waals surface area contributed by atoms with E-state index in [1.165, 1.54) is 0 Å². The molecule has 0 saturated heterocycles. The SMILES string of the molecule is C=C(C)C1Cc2c(ccc(C3=NOC4(CS)COc5cc(OC)c(OC)cc5C34S)c2O)O1. The van der Waals surface area contributed by atoms with Crippen LogP contribution in [0.4, 0.5) is 0 Å². The van der Waals surface area contributed by atoms with Crippen molar-refractivity contribution in [1.29, 1.82) is 0 Å². The fourth-order valence-corrected chi connectivity index (χ4v) is 5.68. The van der Waals surface area contributed by atoms with Gasteiger partial charge >= 0.3 is 0 Å². The van der Waals surface area contributed by atoms with E-state index in [0.717, 1.165) is 5.57 Å². The molecule has 2 aromatic carbocycles. The molecule has 0 radical (unpaired) electrons. The smallest absolute Gasteiger partial charge is 0.204 e. The predicted molar refractivity (Wildman–Crippen MR) is 131 cm³/mol. The van der Waals surface area contributed by atoms with E-state index in [1.807, 2.05) is 19.1 Å². The number of hydrogen-bond donors (Lipinski definition) is 3. The second kappa shape index (κ2) is 7.70. The lowest BCUT2D eigenvalue weighted by Gasteiger charge is -2.44. The largest absolute Gasteiger partial charge is 0.507 e. The molecule has 0 amide bonds. The number of phenolic OH excluding ortho intramolecular Hbond substituents is 1. The maximum Gasteiger partial charge on any atom is 0.204 e. The number of methoxy groups -OCH3 is 2. The molecule has 0 aliphatic carbocycles. The van der Waals surface area contributed by atoms with Crippen LogP contribution in [0.25, 0.3) is 0 Å². The lowest BCUT2D eigenvalue weighted by atomic mass is 9.75. The Bertz CT molecular complexity index is 1200. The molecule has 3 aliphatic heterocycles. The molecule has 3 aliphatic rings. The van der Waals surface area contributed by atoms with Crippen molar-refractivity contribution < 1.29 is 28.9 Å². The first-order chi connectivity index (χ1) is 15.8. The fourth-order valence-electron chi connectivity index (χ4n) is 4.65. The van der Waals surface area contributed by atoms with Crippen LogP contribution in [0.2, 0.25) is 0 Å². The summed E-state index contributed by atoms with van der Waals surface area (Å²) in [5, 5.41) is 15.7. The van der Waals surface area contributed by atoms with Crippen LogP contribution < -0.4 is 18.9 Å². The van der Waals surface area contributed by atoms with Crippen LogP contribution in [0, 0.1) is 0 Å². The third-order valence-corrected chi connectivity index (χ3v) is 7.98. The molecule has 3 atom stereocenters. The predicted octanol–water partition coefficient (Wildman–Crippen LogP) is 3.91. The number of nitrogens with zero attached hydrogens (tertiary/aromatic N) is 1. The van der Waals surface area contributed by atoms with E-state index in [0.29, 0.717) is 51.8 Å². The van der Waals surface area contributed by atoms with E-state index < -0.39 is 10.3 Å². The Morgan fingerprint density at radius 2 is 1.97 bits per heavy atom. The lowest BCUT2D eigenvalue weighted by molar-refractivity contribution is -0.0573. The number of hydrogen-bond acceptors (Lipinski definition) is 9. The Labute approximate surface area is 203 Å². The van der Waals surface area contributed by atoms with Gasteiger partial charge < -0.3 is 28.9 Å². The minimum atomic E-state index is -1.08. The first-order valence-corrected chi connectivity index (χ1v) is 11.5. The van der Waals surface area contributed by atoms with Crippen molar-refractivity contribution in [1.82, 2.24) is 0 Å². The molecule has 0 aromatic heterocycles. The monoisotopic (exact) mass is 487 g/mol. The highest BCUT2D eigenvalue weighted by Gasteiger charge is 2.64. The summed E-state index contributed by atoms with van der Waals surface area (Å²) in [5.41, 5.74) is 2.28. The van der Waals surface area contributed by atoms with E-state index in [4.69, 9.17) is 36.4 Å². The highest BCUT2D eigenvalue weighted by atomic mass is 32.1. The van der Waals surface area contributed by atoms with Crippen molar-refractivity contribution in [2.75, 3.05) is 26.6 Å². The second-order valence-electron chi connectivity index (χ2n) is 8.48. The van der Waals surface area contributed by atoms with E-state index in [9.17, 15) is 5.11 Å². The molecule has 3 unspecified atom stereocenters. The first kappa shape index (κ1) is 22.2. The molecule has 3 heterocycles. The summed E-state index contributed by atoms with van der Waals surface area (Å²) in [4.78, 5) is 5.97. The van der Waals surface area contributed by atoms with Crippen molar-refractivity contribution in [2.24, 2.45) is 5.16 Å². The fraction of sp³-hybridized carbons (Fsp3) is 0.375. The molecule has 0 saturated carbocycles. The van der Waals surface area contributed by atoms with Gasteiger partial charge in [-0.2, -0.15) is 25.3 Å². The molecule has 2 aromatic rings. The Morgan fingerprint density at radius 3 is 2.64 bits per heavy atom. The van der Waals surface area contributed by atoms with Crippen LogP contribution >= 0.6 is 25.3 Å². The van der Waals surface area contributed by atoms with Crippen LogP contribution in [0.5, 0.6) is 28.7 Å². The van der Waals surface area contributed by atoms with Crippen LogP contribution in [0.1, 0.15) is 23.6 Å². The molecule has 7 nitrogen and oxygen atoms in total. The maximum atomic E-state index is 11.3. The van der Waals surface area contributed by atoms with Gasteiger partial charge in [-0.05, 0) is 30.7 Å². The highest BCUT2D eigenvalue weighted by Crippen LogP contribution is 2.57. The van der Waals surface area contributed by atoms with Gasteiger partial charge in [-0.1, -0.05) is 11.7 Å². The standard InChI is InChI=1S/C24H25NO6S2/c1-12(2)17-7-14-16(30-17)6-5-13(21(14)26)22-24(33)15-8-19(27-3)20(28-4)9-18(15)29-10-23(24,11-32)31-25-22/h5-6,8-9,17,26,32-33H,1,7,10-11H2,2-4H3. The zero-order chi connectivity index (χ0) is 23.5. The summed E-state index contributed by atoms with van der Waals surface area (Å²) in [5.74, 6) is 2.64. The number of thiol groups is 2. The van der Waals surface area contributed by atoms with E-state index in [1.54, 1.807) is 26.4 Å². The van der Waals surface area contributed by atoms with Gasteiger partial charge in [-0.3, -0.25) is 0 Å². The summed E-state index contributed by atoms with van der Waals surface area (Å²) in [6, 6.07) is 7.19. The number of fused-ring (bicyclic) bond motifs is 4. The number of rotatable bonds is 5. The van der Waals surface area contributed by atoms with Gasteiger partial charge in [0.1, 0.15) is 40.4 Å². The Kier molecular flexibility index (Phi) is 5.17. The molecule has 33 heavy (non-hydrogen) atoms. The van der Waals surface area contributed by atoms with Gasteiger partial charge in [0.05, 0.1) is 14.2 Å². The van der Waals surface area contributed by atoms with Crippen molar-refractivity contribution in [3.05, 3.63) is 53.1 Å². The minimum Gasteiger partial charge on any atom is -0.507 e.